The van der Waals surface area contributed by atoms with Crippen LogP contribution >= 0.6 is 0 Å². The standard InChI is InChI=1S/C21H34N2O3S/c1-6-14-27(25,26)23-12-10-17(11-13-23)21(24)22-20-18(15(2)3)8-7-9-19(20)16(4)5/h7-9,15-17H,6,10-14H2,1-5H3,(H,22,24). The number of amides is 1. The molecule has 152 valence electrons. The van der Waals surface area contributed by atoms with Crippen molar-refractivity contribution in [2.24, 2.45) is 5.92 Å². The van der Waals surface area contributed by atoms with Gasteiger partial charge in [0.25, 0.3) is 0 Å². The summed E-state index contributed by atoms with van der Waals surface area (Å²) in [4.78, 5) is 12.9. The second-order valence-electron chi connectivity index (χ2n) is 8.10. The highest BCUT2D eigenvalue weighted by Gasteiger charge is 2.31. The first-order valence-electron chi connectivity index (χ1n) is 10.1. The average molecular weight is 395 g/mol. The Morgan fingerprint density at radius 3 is 2.07 bits per heavy atom. The highest BCUT2D eigenvalue weighted by atomic mass is 32.2. The highest BCUT2D eigenvalue weighted by molar-refractivity contribution is 7.89. The number of carbonyl (C=O) groups is 1. The summed E-state index contributed by atoms with van der Waals surface area (Å²) < 4.78 is 26.0. The van der Waals surface area contributed by atoms with Gasteiger partial charge in [-0.2, -0.15) is 0 Å². The van der Waals surface area contributed by atoms with E-state index >= 15 is 0 Å². The Hall–Kier alpha value is -1.40. The molecule has 6 heteroatoms. The van der Waals surface area contributed by atoms with E-state index in [1.807, 2.05) is 6.92 Å². The van der Waals surface area contributed by atoms with Crippen molar-refractivity contribution in [1.82, 2.24) is 4.31 Å². The highest BCUT2D eigenvalue weighted by Crippen LogP contribution is 2.33. The SMILES string of the molecule is CCCS(=O)(=O)N1CCC(C(=O)Nc2c(C(C)C)cccc2C(C)C)CC1. The fraction of sp³-hybridized carbons (Fsp3) is 0.667. The molecule has 1 N–H and O–H groups in total. The van der Waals surface area contributed by atoms with E-state index in [9.17, 15) is 13.2 Å². The van der Waals surface area contributed by atoms with Gasteiger partial charge in [-0.15, -0.1) is 0 Å². The zero-order chi connectivity index (χ0) is 20.2. The third kappa shape index (κ3) is 5.32. The van der Waals surface area contributed by atoms with Gasteiger partial charge in [0.2, 0.25) is 15.9 Å². The van der Waals surface area contributed by atoms with E-state index in [4.69, 9.17) is 0 Å². The van der Waals surface area contributed by atoms with Crippen LogP contribution in [0.25, 0.3) is 0 Å². The minimum atomic E-state index is -3.18. The predicted octanol–water partition coefficient (Wildman–Crippen LogP) is 4.32. The topological polar surface area (TPSA) is 66.5 Å². The lowest BCUT2D eigenvalue weighted by Gasteiger charge is -2.31. The van der Waals surface area contributed by atoms with Gasteiger partial charge >= 0.3 is 0 Å². The molecule has 0 saturated carbocycles. The number of hydrogen-bond donors (Lipinski definition) is 1. The molecule has 0 atom stereocenters. The van der Waals surface area contributed by atoms with Crippen molar-refractivity contribution in [1.29, 1.82) is 0 Å². The third-order valence-corrected chi connectivity index (χ3v) is 7.38. The van der Waals surface area contributed by atoms with Crippen LogP contribution in [0.4, 0.5) is 5.69 Å². The smallest absolute Gasteiger partial charge is 0.227 e. The number of rotatable bonds is 7. The Morgan fingerprint density at radius 2 is 1.63 bits per heavy atom. The van der Waals surface area contributed by atoms with Crippen molar-refractivity contribution in [3.8, 4) is 0 Å². The van der Waals surface area contributed by atoms with Gasteiger partial charge in [-0.25, -0.2) is 12.7 Å². The number of piperidine rings is 1. The minimum absolute atomic E-state index is 0.0116. The Labute approximate surface area is 164 Å². The first kappa shape index (κ1) is 21.9. The molecule has 1 amide bonds. The van der Waals surface area contributed by atoms with Crippen molar-refractivity contribution in [3.05, 3.63) is 29.3 Å². The Kier molecular flexibility index (Phi) is 7.46. The number of hydrogen-bond acceptors (Lipinski definition) is 3. The number of carbonyl (C=O) groups excluding carboxylic acids is 1. The van der Waals surface area contributed by atoms with E-state index in [0.717, 1.165) is 16.8 Å². The Morgan fingerprint density at radius 1 is 1.11 bits per heavy atom. The molecule has 2 rings (SSSR count). The summed E-state index contributed by atoms with van der Waals surface area (Å²) >= 11 is 0. The Balaban J connectivity index is 2.11. The summed E-state index contributed by atoms with van der Waals surface area (Å²) in [6.07, 6.45) is 1.78. The van der Waals surface area contributed by atoms with Crippen LogP contribution in [0.1, 0.15) is 76.8 Å². The van der Waals surface area contributed by atoms with Crippen LogP contribution in [0.2, 0.25) is 0 Å². The van der Waals surface area contributed by atoms with Crippen molar-refractivity contribution < 1.29 is 13.2 Å². The zero-order valence-corrected chi connectivity index (χ0v) is 18.1. The van der Waals surface area contributed by atoms with Crippen molar-refractivity contribution in [3.63, 3.8) is 0 Å². The van der Waals surface area contributed by atoms with Gasteiger partial charge < -0.3 is 5.32 Å². The van der Waals surface area contributed by atoms with Crippen molar-refractivity contribution in [2.75, 3.05) is 24.2 Å². The lowest BCUT2D eigenvalue weighted by Crippen LogP contribution is -2.42. The fourth-order valence-electron chi connectivity index (χ4n) is 3.70. The zero-order valence-electron chi connectivity index (χ0n) is 17.3. The number of sulfonamides is 1. The molecule has 1 aromatic rings. The summed E-state index contributed by atoms with van der Waals surface area (Å²) in [7, 11) is -3.18. The quantitative estimate of drug-likeness (QED) is 0.749. The molecule has 1 saturated heterocycles. The number of para-hydroxylation sites is 1. The van der Waals surface area contributed by atoms with Crippen LogP contribution in [-0.4, -0.2) is 37.5 Å². The van der Waals surface area contributed by atoms with E-state index in [0.29, 0.717) is 44.2 Å². The van der Waals surface area contributed by atoms with E-state index in [1.54, 1.807) is 4.31 Å². The van der Waals surface area contributed by atoms with Crippen LogP contribution in [-0.2, 0) is 14.8 Å². The first-order valence-corrected chi connectivity index (χ1v) is 11.7. The molecule has 0 radical (unpaired) electrons. The third-order valence-electron chi connectivity index (χ3n) is 5.30. The molecule has 1 aromatic carbocycles. The maximum atomic E-state index is 12.9. The Bertz CT molecular complexity index is 722. The number of nitrogens with zero attached hydrogens (tertiary/aromatic N) is 1. The van der Waals surface area contributed by atoms with Gasteiger partial charge in [0.1, 0.15) is 0 Å². The van der Waals surface area contributed by atoms with Gasteiger partial charge in [-0.1, -0.05) is 52.8 Å². The summed E-state index contributed by atoms with van der Waals surface area (Å²) in [5.41, 5.74) is 3.24. The molecule has 1 fully saturated rings. The van der Waals surface area contributed by atoms with E-state index in [-0.39, 0.29) is 17.6 Å². The lowest BCUT2D eigenvalue weighted by atomic mass is 9.91. The molecule has 0 bridgehead atoms. The molecular weight excluding hydrogens is 360 g/mol. The van der Waals surface area contributed by atoms with Gasteiger partial charge in [-0.05, 0) is 42.2 Å². The van der Waals surface area contributed by atoms with Crippen LogP contribution in [0.3, 0.4) is 0 Å². The van der Waals surface area contributed by atoms with E-state index < -0.39 is 10.0 Å². The maximum Gasteiger partial charge on any atom is 0.227 e. The van der Waals surface area contributed by atoms with Gasteiger partial charge in [0, 0.05) is 24.7 Å². The monoisotopic (exact) mass is 394 g/mol. The summed E-state index contributed by atoms with van der Waals surface area (Å²) in [6, 6.07) is 6.20. The molecular formula is C21H34N2O3S. The van der Waals surface area contributed by atoms with Gasteiger partial charge in [0.15, 0.2) is 0 Å². The van der Waals surface area contributed by atoms with Gasteiger partial charge in [-0.3, -0.25) is 4.79 Å². The number of benzene rings is 1. The van der Waals surface area contributed by atoms with Crippen LogP contribution in [0.15, 0.2) is 18.2 Å². The lowest BCUT2D eigenvalue weighted by molar-refractivity contribution is -0.120. The van der Waals surface area contributed by atoms with Crippen LogP contribution < -0.4 is 5.32 Å². The molecule has 1 heterocycles. The molecule has 5 nitrogen and oxygen atoms in total. The van der Waals surface area contributed by atoms with Crippen molar-refractivity contribution in [2.45, 2.75) is 65.7 Å². The van der Waals surface area contributed by atoms with Crippen LogP contribution in [0.5, 0.6) is 0 Å². The van der Waals surface area contributed by atoms with E-state index in [1.165, 1.54) is 0 Å². The van der Waals surface area contributed by atoms with Crippen molar-refractivity contribution >= 4 is 21.6 Å². The maximum absolute atomic E-state index is 12.9. The largest absolute Gasteiger partial charge is 0.325 e. The number of nitrogens with one attached hydrogen (secondary N) is 1. The summed E-state index contributed by atoms with van der Waals surface area (Å²) in [5, 5.41) is 3.18. The molecule has 0 unspecified atom stereocenters. The normalized spacial score (nSPS) is 16.9. The van der Waals surface area contributed by atoms with Gasteiger partial charge in [0.05, 0.1) is 5.75 Å². The fourth-order valence-corrected chi connectivity index (χ4v) is 5.25. The molecule has 1 aliphatic heterocycles. The molecule has 1 aliphatic rings. The minimum Gasteiger partial charge on any atom is -0.325 e. The average Bonchev–Trinajstić information content (AvgIpc) is 2.61. The predicted molar refractivity (Wildman–Crippen MR) is 112 cm³/mol. The first-order chi connectivity index (χ1) is 12.7. The molecule has 0 aromatic heterocycles. The van der Waals surface area contributed by atoms with E-state index in [2.05, 4.69) is 51.2 Å². The second-order valence-corrected chi connectivity index (χ2v) is 10.2. The molecule has 0 aliphatic carbocycles. The summed E-state index contributed by atoms with van der Waals surface area (Å²) in [6.45, 7) is 11.3. The molecule has 27 heavy (non-hydrogen) atoms. The molecule has 0 spiro atoms. The summed E-state index contributed by atoms with van der Waals surface area (Å²) in [5.74, 6) is 0.694. The van der Waals surface area contributed by atoms with Crippen LogP contribution in [0, 0.1) is 5.92 Å². The number of anilines is 1. The second kappa shape index (κ2) is 9.20.